The zero-order valence-electron chi connectivity index (χ0n) is 13.9. The summed E-state index contributed by atoms with van der Waals surface area (Å²) in [6, 6.07) is 0. The third kappa shape index (κ3) is 3.52. The monoisotopic (exact) mass is 347 g/mol. The van der Waals surface area contributed by atoms with Gasteiger partial charge in [-0.3, -0.25) is 4.68 Å². The Morgan fingerprint density at radius 2 is 2.17 bits per heavy atom. The minimum Gasteiger partial charge on any atom is -0.366 e. The fraction of sp³-hybridized carbons (Fsp3) is 0.438. The molecular formula is C16H22ClN7. The zero-order chi connectivity index (χ0) is 17.1. The molecule has 0 radical (unpaired) electrons. The Bertz CT molecular complexity index is 793. The highest BCUT2D eigenvalue weighted by molar-refractivity contribution is 6.22. The van der Waals surface area contributed by atoms with Crippen molar-refractivity contribution in [1.82, 2.24) is 19.7 Å². The Hall–Kier alpha value is -2.12. The second-order valence-corrected chi connectivity index (χ2v) is 6.40. The number of aromatic nitrogens is 4. The smallest absolute Gasteiger partial charge is 0.226 e. The summed E-state index contributed by atoms with van der Waals surface area (Å²) in [5, 5.41) is 11.7. The molecule has 0 spiro atoms. The van der Waals surface area contributed by atoms with Gasteiger partial charge < -0.3 is 16.4 Å². The number of nitrogens with one attached hydrogen (secondary N) is 2. The largest absolute Gasteiger partial charge is 0.366 e. The van der Waals surface area contributed by atoms with Crippen LogP contribution in [0.5, 0.6) is 0 Å². The Balaban J connectivity index is 1.83. The number of aryl methyl sites for hydroxylation is 1. The predicted octanol–water partition coefficient (Wildman–Crippen LogP) is 2.03. The van der Waals surface area contributed by atoms with E-state index in [-0.39, 0.29) is 5.38 Å². The maximum atomic E-state index is 6.33. The van der Waals surface area contributed by atoms with E-state index in [1.165, 1.54) is 11.1 Å². The highest BCUT2D eigenvalue weighted by Crippen LogP contribution is 2.25. The Morgan fingerprint density at radius 3 is 2.92 bits per heavy atom. The van der Waals surface area contributed by atoms with Gasteiger partial charge in [-0.2, -0.15) is 15.1 Å². The number of hydrogen-bond acceptors (Lipinski definition) is 6. The second-order valence-electron chi connectivity index (χ2n) is 5.88. The minimum absolute atomic E-state index is 0.0670. The summed E-state index contributed by atoms with van der Waals surface area (Å²) in [6.07, 6.45) is 6.81. The molecule has 0 aliphatic heterocycles. The van der Waals surface area contributed by atoms with E-state index in [0.717, 1.165) is 23.3 Å². The van der Waals surface area contributed by atoms with Crippen LogP contribution in [0.3, 0.4) is 0 Å². The molecule has 0 aromatic carbocycles. The molecule has 1 aliphatic carbocycles. The molecule has 7 nitrogen and oxygen atoms in total. The van der Waals surface area contributed by atoms with E-state index in [4.69, 9.17) is 17.3 Å². The molecule has 2 aromatic heterocycles. The summed E-state index contributed by atoms with van der Waals surface area (Å²) in [7, 11) is 1.86. The maximum Gasteiger partial charge on any atom is 0.226 e. The summed E-state index contributed by atoms with van der Waals surface area (Å²) in [5.41, 5.74) is 8.76. The third-order valence-corrected chi connectivity index (χ3v) is 4.52. The lowest BCUT2D eigenvalue weighted by Crippen LogP contribution is -2.17. The highest BCUT2D eigenvalue weighted by Gasteiger charge is 2.15. The fourth-order valence-corrected chi connectivity index (χ4v) is 2.83. The molecule has 8 heteroatoms. The number of fused-ring (bicyclic) bond motifs is 1. The Labute approximate surface area is 146 Å². The predicted molar refractivity (Wildman–Crippen MR) is 98.4 cm³/mol. The van der Waals surface area contributed by atoms with Crippen LogP contribution in [0.4, 0.5) is 11.8 Å². The van der Waals surface area contributed by atoms with Crippen LogP contribution in [0.25, 0.3) is 11.0 Å². The van der Waals surface area contributed by atoms with Crippen molar-refractivity contribution in [2.75, 3.05) is 30.3 Å². The van der Waals surface area contributed by atoms with Gasteiger partial charge in [0, 0.05) is 26.7 Å². The van der Waals surface area contributed by atoms with Crippen molar-refractivity contribution in [3.63, 3.8) is 0 Å². The number of alkyl halides is 1. The SMILES string of the molecule is CC1=CC=C(CNc2nc(NCCN)nc3c2cnn3C)CC1Cl. The van der Waals surface area contributed by atoms with Crippen molar-refractivity contribution in [2.24, 2.45) is 12.8 Å². The first-order valence-corrected chi connectivity index (χ1v) is 8.40. The van der Waals surface area contributed by atoms with Crippen molar-refractivity contribution in [3.05, 3.63) is 29.5 Å². The number of allylic oxidation sites excluding steroid dienone is 3. The Morgan fingerprint density at radius 1 is 1.33 bits per heavy atom. The van der Waals surface area contributed by atoms with Crippen molar-refractivity contribution in [2.45, 2.75) is 18.7 Å². The minimum atomic E-state index is 0.0670. The zero-order valence-corrected chi connectivity index (χ0v) is 14.6. The van der Waals surface area contributed by atoms with Gasteiger partial charge in [0.2, 0.25) is 5.95 Å². The van der Waals surface area contributed by atoms with E-state index in [2.05, 4.69) is 44.8 Å². The standard InChI is InChI=1S/C16H22ClN7/c1-10-3-4-11(7-13(10)17)8-20-14-12-9-21-24(2)15(12)23-16(22-14)19-6-5-18/h3-4,9,13H,5-8,18H2,1-2H3,(H2,19,20,22,23). The van der Waals surface area contributed by atoms with Crippen LogP contribution in [0, 0.1) is 0 Å². The number of nitrogens with two attached hydrogens (primary N) is 1. The average Bonchev–Trinajstić information content (AvgIpc) is 2.95. The van der Waals surface area contributed by atoms with Crippen molar-refractivity contribution >= 4 is 34.4 Å². The van der Waals surface area contributed by atoms with E-state index in [9.17, 15) is 0 Å². The van der Waals surface area contributed by atoms with Crippen molar-refractivity contribution in [3.8, 4) is 0 Å². The fourth-order valence-electron chi connectivity index (χ4n) is 2.56. The summed E-state index contributed by atoms with van der Waals surface area (Å²) in [5.74, 6) is 1.30. The first kappa shape index (κ1) is 16.7. The van der Waals surface area contributed by atoms with Crippen LogP contribution >= 0.6 is 11.6 Å². The van der Waals surface area contributed by atoms with E-state index in [1.807, 2.05) is 7.05 Å². The maximum absolute atomic E-state index is 6.33. The molecule has 1 unspecified atom stereocenters. The van der Waals surface area contributed by atoms with Gasteiger partial charge in [-0.1, -0.05) is 17.7 Å². The normalized spacial score (nSPS) is 17.6. The topological polar surface area (TPSA) is 93.7 Å². The van der Waals surface area contributed by atoms with Gasteiger partial charge in [0.25, 0.3) is 0 Å². The number of rotatable bonds is 6. The molecule has 128 valence electrons. The van der Waals surface area contributed by atoms with Crippen LogP contribution in [-0.4, -0.2) is 44.8 Å². The van der Waals surface area contributed by atoms with Gasteiger partial charge in [0.15, 0.2) is 5.65 Å². The van der Waals surface area contributed by atoms with Crippen LogP contribution in [0.15, 0.2) is 29.5 Å². The quantitative estimate of drug-likeness (QED) is 0.692. The lowest BCUT2D eigenvalue weighted by Gasteiger charge is -2.18. The second kappa shape index (κ2) is 7.19. The molecule has 4 N–H and O–H groups in total. The molecule has 0 saturated heterocycles. The summed E-state index contributed by atoms with van der Waals surface area (Å²) >= 11 is 6.33. The summed E-state index contributed by atoms with van der Waals surface area (Å²) in [4.78, 5) is 9.04. The van der Waals surface area contributed by atoms with Gasteiger partial charge in [0.05, 0.1) is 17.0 Å². The van der Waals surface area contributed by atoms with Gasteiger partial charge in [-0.15, -0.1) is 11.6 Å². The first-order valence-electron chi connectivity index (χ1n) is 7.96. The number of nitrogens with zero attached hydrogens (tertiary/aromatic N) is 4. The van der Waals surface area contributed by atoms with E-state index >= 15 is 0 Å². The molecule has 2 heterocycles. The van der Waals surface area contributed by atoms with E-state index < -0.39 is 0 Å². The van der Waals surface area contributed by atoms with Crippen LogP contribution in [0.2, 0.25) is 0 Å². The molecule has 24 heavy (non-hydrogen) atoms. The van der Waals surface area contributed by atoms with Crippen LogP contribution in [-0.2, 0) is 7.05 Å². The van der Waals surface area contributed by atoms with Crippen LogP contribution in [0.1, 0.15) is 13.3 Å². The molecule has 0 fully saturated rings. The molecule has 1 atom stereocenters. The van der Waals surface area contributed by atoms with E-state index in [0.29, 0.717) is 25.6 Å². The van der Waals surface area contributed by atoms with Crippen LogP contribution < -0.4 is 16.4 Å². The molecule has 1 aliphatic rings. The molecule has 0 bridgehead atoms. The van der Waals surface area contributed by atoms with Gasteiger partial charge in [-0.05, 0) is 18.9 Å². The average molecular weight is 348 g/mol. The molecular weight excluding hydrogens is 326 g/mol. The molecule has 3 rings (SSSR count). The number of halogens is 1. The molecule has 2 aromatic rings. The van der Waals surface area contributed by atoms with Crippen molar-refractivity contribution in [1.29, 1.82) is 0 Å². The van der Waals surface area contributed by atoms with Gasteiger partial charge in [0.1, 0.15) is 5.82 Å². The summed E-state index contributed by atoms with van der Waals surface area (Å²) in [6.45, 7) is 3.87. The van der Waals surface area contributed by atoms with E-state index in [1.54, 1.807) is 10.9 Å². The lowest BCUT2D eigenvalue weighted by molar-refractivity contribution is 0.785. The third-order valence-electron chi connectivity index (χ3n) is 4.02. The molecule has 0 amide bonds. The Kier molecular flexibility index (Phi) is 5.01. The number of anilines is 2. The summed E-state index contributed by atoms with van der Waals surface area (Å²) < 4.78 is 1.73. The number of hydrogen-bond donors (Lipinski definition) is 3. The van der Waals surface area contributed by atoms with Crippen molar-refractivity contribution < 1.29 is 0 Å². The molecule has 0 saturated carbocycles. The van der Waals surface area contributed by atoms with Gasteiger partial charge >= 0.3 is 0 Å². The first-order chi connectivity index (χ1) is 11.6. The lowest BCUT2D eigenvalue weighted by atomic mass is 9.99. The highest BCUT2D eigenvalue weighted by atomic mass is 35.5. The van der Waals surface area contributed by atoms with Gasteiger partial charge in [-0.25, -0.2) is 0 Å².